The van der Waals surface area contributed by atoms with Crippen molar-refractivity contribution in [2.75, 3.05) is 18.5 Å². The molecule has 4 heterocycles. The molecule has 3 saturated heterocycles. The van der Waals surface area contributed by atoms with Crippen molar-refractivity contribution in [3.63, 3.8) is 0 Å². The number of carbonyl (C=O) groups excluding carboxylic acids is 4. The largest absolute Gasteiger partial charge is 0.376 e. The van der Waals surface area contributed by atoms with Gasteiger partial charge in [0, 0.05) is 30.3 Å². The Hall–Kier alpha value is -2.78. The average molecular weight is 412 g/mol. The smallest absolute Gasteiger partial charge is 0.250 e. The number of hydrogen-bond acceptors (Lipinski definition) is 6. The van der Waals surface area contributed by atoms with E-state index in [9.17, 15) is 19.2 Å². The molecule has 5 atom stereocenters. The van der Waals surface area contributed by atoms with Gasteiger partial charge in [0.15, 0.2) is 0 Å². The van der Waals surface area contributed by atoms with Crippen LogP contribution in [0.3, 0.4) is 0 Å². The molecule has 158 valence electrons. The standard InChI is InChI=1S/C21H24N4O5/c22-15(26)8-7-14-16-17(19(28)25(18(16)27)10-11-4-3-9-30-11)21(24-14)12-5-1-2-6-13(12)23-20(21)29/h1-2,5-6,11,14,16-17,24H,3-4,7-10H2,(H2,22,26)(H,23,29)/t11-,14-,16-,17+,21+/m0/s1. The van der Waals surface area contributed by atoms with Crippen molar-refractivity contribution in [2.24, 2.45) is 17.6 Å². The van der Waals surface area contributed by atoms with Crippen molar-refractivity contribution in [1.29, 1.82) is 0 Å². The highest BCUT2D eigenvalue weighted by molar-refractivity contribution is 6.15. The van der Waals surface area contributed by atoms with E-state index in [2.05, 4.69) is 10.6 Å². The Morgan fingerprint density at radius 2 is 2.03 bits per heavy atom. The lowest BCUT2D eigenvalue weighted by molar-refractivity contribution is -0.144. The van der Waals surface area contributed by atoms with Gasteiger partial charge in [0.25, 0.3) is 0 Å². The number of nitrogens with two attached hydrogens (primary N) is 1. The second-order valence-corrected chi connectivity index (χ2v) is 8.49. The topological polar surface area (TPSA) is 131 Å². The molecule has 0 radical (unpaired) electrons. The summed E-state index contributed by atoms with van der Waals surface area (Å²) in [7, 11) is 0. The quantitative estimate of drug-likeness (QED) is 0.577. The van der Waals surface area contributed by atoms with Crippen LogP contribution in [0.25, 0.3) is 0 Å². The molecule has 0 bridgehead atoms. The predicted molar refractivity (Wildman–Crippen MR) is 105 cm³/mol. The summed E-state index contributed by atoms with van der Waals surface area (Å²) in [6.07, 6.45) is 1.86. The number of ether oxygens (including phenoxy) is 1. The Labute approximate surface area is 173 Å². The molecule has 1 spiro atoms. The van der Waals surface area contributed by atoms with Gasteiger partial charge < -0.3 is 15.8 Å². The van der Waals surface area contributed by atoms with E-state index in [1.54, 1.807) is 24.3 Å². The highest BCUT2D eigenvalue weighted by Gasteiger charge is 2.70. The lowest BCUT2D eigenvalue weighted by Gasteiger charge is -2.30. The molecular formula is C21H24N4O5. The van der Waals surface area contributed by atoms with Crippen LogP contribution >= 0.6 is 0 Å². The highest BCUT2D eigenvalue weighted by atomic mass is 16.5. The number of nitrogens with one attached hydrogen (secondary N) is 2. The van der Waals surface area contributed by atoms with E-state index >= 15 is 0 Å². The van der Waals surface area contributed by atoms with Crippen LogP contribution in [0.2, 0.25) is 0 Å². The normalized spacial score (nSPS) is 34.5. The molecule has 5 rings (SSSR count). The van der Waals surface area contributed by atoms with Gasteiger partial charge in [-0.2, -0.15) is 0 Å². The molecule has 0 saturated carbocycles. The fourth-order valence-electron chi connectivity index (χ4n) is 5.54. The number of amides is 4. The number of para-hydroxylation sites is 1. The van der Waals surface area contributed by atoms with Crippen molar-refractivity contribution in [3.05, 3.63) is 29.8 Å². The lowest BCUT2D eigenvalue weighted by Crippen LogP contribution is -2.53. The zero-order chi connectivity index (χ0) is 21.0. The Bertz CT molecular complexity index is 943. The summed E-state index contributed by atoms with van der Waals surface area (Å²) in [5.74, 6) is -3.10. The minimum Gasteiger partial charge on any atom is -0.376 e. The molecule has 30 heavy (non-hydrogen) atoms. The number of nitrogens with zero attached hydrogens (tertiary/aromatic N) is 1. The summed E-state index contributed by atoms with van der Waals surface area (Å²) in [4.78, 5) is 52.8. The van der Waals surface area contributed by atoms with E-state index < -0.39 is 29.3 Å². The molecule has 0 unspecified atom stereocenters. The molecule has 3 fully saturated rings. The van der Waals surface area contributed by atoms with Gasteiger partial charge >= 0.3 is 0 Å². The summed E-state index contributed by atoms with van der Waals surface area (Å²) >= 11 is 0. The Morgan fingerprint density at radius 3 is 2.77 bits per heavy atom. The van der Waals surface area contributed by atoms with Crippen molar-refractivity contribution >= 4 is 29.3 Å². The number of imide groups is 1. The Kier molecular flexibility index (Phi) is 4.41. The van der Waals surface area contributed by atoms with Gasteiger partial charge in [-0.15, -0.1) is 0 Å². The van der Waals surface area contributed by atoms with Crippen molar-refractivity contribution in [1.82, 2.24) is 10.2 Å². The zero-order valence-corrected chi connectivity index (χ0v) is 16.4. The van der Waals surface area contributed by atoms with E-state index in [-0.39, 0.29) is 43.2 Å². The van der Waals surface area contributed by atoms with Crippen LogP contribution in [-0.4, -0.2) is 53.8 Å². The van der Waals surface area contributed by atoms with Gasteiger partial charge in [-0.05, 0) is 25.3 Å². The first-order valence-electron chi connectivity index (χ1n) is 10.4. The van der Waals surface area contributed by atoms with E-state index in [1.165, 1.54) is 4.90 Å². The Balaban J connectivity index is 1.55. The molecule has 0 aromatic heterocycles. The van der Waals surface area contributed by atoms with E-state index in [0.717, 1.165) is 12.8 Å². The van der Waals surface area contributed by atoms with E-state index in [1.807, 2.05) is 0 Å². The van der Waals surface area contributed by atoms with Crippen molar-refractivity contribution < 1.29 is 23.9 Å². The average Bonchev–Trinajstić information content (AvgIpc) is 3.46. The maximum absolute atomic E-state index is 13.5. The minimum absolute atomic E-state index is 0.0629. The summed E-state index contributed by atoms with van der Waals surface area (Å²) in [5.41, 5.74) is 5.28. The van der Waals surface area contributed by atoms with Gasteiger partial charge in [0.1, 0.15) is 5.54 Å². The summed E-state index contributed by atoms with van der Waals surface area (Å²) < 4.78 is 5.63. The van der Waals surface area contributed by atoms with E-state index in [0.29, 0.717) is 17.9 Å². The number of benzene rings is 1. The second-order valence-electron chi connectivity index (χ2n) is 8.49. The van der Waals surface area contributed by atoms with Gasteiger partial charge in [0.05, 0.1) is 24.5 Å². The number of rotatable bonds is 5. The molecule has 1 aromatic carbocycles. The number of likely N-dealkylation sites (tertiary alicyclic amines) is 1. The second kappa shape index (κ2) is 6.88. The van der Waals surface area contributed by atoms with Crippen LogP contribution in [0.15, 0.2) is 24.3 Å². The van der Waals surface area contributed by atoms with Crippen LogP contribution in [0.1, 0.15) is 31.2 Å². The SMILES string of the molecule is NC(=O)CC[C@@H]1N[C@@]2(C(=O)Nc3ccccc32)[C@H]2C(=O)N(C[C@@H]3CCCO3)C(=O)[C@@H]12. The monoisotopic (exact) mass is 412 g/mol. The molecule has 4 amide bonds. The van der Waals surface area contributed by atoms with Crippen LogP contribution in [0.4, 0.5) is 5.69 Å². The van der Waals surface area contributed by atoms with Crippen LogP contribution in [-0.2, 0) is 29.5 Å². The third-order valence-corrected chi connectivity index (χ3v) is 6.83. The summed E-state index contributed by atoms with van der Waals surface area (Å²) in [6.45, 7) is 0.822. The lowest BCUT2D eigenvalue weighted by atomic mass is 9.76. The summed E-state index contributed by atoms with van der Waals surface area (Å²) in [6, 6.07) is 6.68. The van der Waals surface area contributed by atoms with Gasteiger partial charge in [-0.3, -0.25) is 29.4 Å². The number of anilines is 1. The van der Waals surface area contributed by atoms with Crippen LogP contribution < -0.4 is 16.4 Å². The minimum atomic E-state index is -1.33. The third-order valence-electron chi connectivity index (χ3n) is 6.83. The number of carbonyl (C=O) groups is 4. The maximum Gasteiger partial charge on any atom is 0.250 e. The van der Waals surface area contributed by atoms with Crippen molar-refractivity contribution in [3.8, 4) is 0 Å². The molecular weight excluding hydrogens is 388 g/mol. The van der Waals surface area contributed by atoms with Crippen LogP contribution in [0.5, 0.6) is 0 Å². The van der Waals surface area contributed by atoms with Gasteiger partial charge in [-0.25, -0.2) is 0 Å². The van der Waals surface area contributed by atoms with E-state index in [4.69, 9.17) is 10.5 Å². The molecule has 1 aromatic rings. The first-order valence-corrected chi connectivity index (χ1v) is 10.4. The maximum atomic E-state index is 13.5. The number of primary amides is 1. The fraction of sp³-hybridized carbons (Fsp3) is 0.524. The first kappa shape index (κ1) is 19.2. The first-order chi connectivity index (χ1) is 14.4. The zero-order valence-electron chi connectivity index (χ0n) is 16.4. The van der Waals surface area contributed by atoms with Gasteiger partial charge in [0.2, 0.25) is 23.6 Å². The highest BCUT2D eigenvalue weighted by Crippen LogP contribution is 2.53. The molecule has 4 N–H and O–H groups in total. The van der Waals surface area contributed by atoms with Crippen LogP contribution in [0, 0.1) is 11.8 Å². The number of hydrogen-bond donors (Lipinski definition) is 3. The fourth-order valence-corrected chi connectivity index (χ4v) is 5.54. The molecule has 0 aliphatic carbocycles. The third kappa shape index (κ3) is 2.61. The summed E-state index contributed by atoms with van der Waals surface area (Å²) in [5, 5.41) is 6.14. The Morgan fingerprint density at radius 1 is 1.23 bits per heavy atom. The number of fused-ring (bicyclic) bond motifs is 4. The molecule has 9 heteroatoms. The van der Waals surface area contributed by atoms with Gasteiger partial charge in [-0.1, -0.05) is 18.2 Å². The van der Waals surface area contributed by atoms with Crippen molar-refractivity contribution in [2.45, 2.75) is 43.4 Å². The predicted octanol–water partition coefficient (Wildman–Crippen LogP) is -0.149. The molecule has 4 aliphatic rings. The molecule has 9 nitrogen and oxygen atoms in total. The molecule has 4 aliphatic heterocycles.